The Morgan fingerprint density at radius 1 is 1.45 bits per heavy atom. The number of aryl methyl sites for hydroxylation is 1. The van der Waals surface area contributed by atoms with Gasteiger partial charge in [-0.2, -0.15) is 5.10 Å². The number of hydrogen-bond acceptors (Lipinski definition) is 3. The van der Waals surface area contributed by atoms with Gasteiger partial charge in [0, 0.05) is 25.4 Å². The van der Waals surface area contributed by atoms with E-state index < -0.39 is 0 Å². The number of nitrogens with one attached hydrogen (secondary N) is 1. The van der Waals surface area contributed by atoms with E-state index in [0.29, 0.717) is 18.5 Å². The molecule has 1 aromatic heterocycles. The van der Waals surface area contributed by atoms with E-state index in [4.69, 9.17) is 28.9 Å². The minimum atomic E-state index is -0.237. The summed E-state index contributed by atoms with van der Waals surface area (Å²) >= 11 is 11.7. The van der Waals surface area contributed by atoms with Crippen molar-refractivity contribution in [2.45, 2.75) is 6.42 Å². The molecule has 0 aliphatic heterocycles. The first kappa shape index (κ1) is 14.7. The smallest absolute Gasteiger partial charge is 0.251 e. The van der Waals surface area contributed by atoms with Crippen LogP contribution in [0.5, 0.6) is 0 Å². The minimum absolute atomic E-state index is 0.237. The lowest BCUT2D eigenvalue weighted by Gasteiger charge is -2.07. The number of rotatable bonds is 4. The Bertz CT molecular complexity index is 616. The summed E-state index contributed by atoms with van der Waals surface area (Å²) in [5, 5.41) is 7.39. The molecular formula is C13H14Cl2N4O. The first-order chi connectivity index (χ1) is 9.47. The fourth-order valence-corrected chi connectivity index (χ4v) is 2.10. The van der Waals surface area contributed by atoms with Gasteiger partial charge in [-0.1, -0.05) is 23.2 Å². The molecule has 3 N–H and O–H groups in total. The molecule has 0 radical (unpaired) electrons. The standard InChI is InChI=1S/C13H14Cl2N4O/c1-19-7-8(6-18-19)2-3-17-13(20)9-4-10(14)12(15)11(16)5-9/h4-7H,2-3,16H2,1H3,(H,17,20). The zero-order valence-electron chi connectivity index (χ0n) is 10.9. The molecule has 0 aliphatic carbocycles. The van der Waals surface area contributed by atoms with Crippen LogP contribution in [0.1, 0.15) is 15.9 Å². The minimum Gasteiger partial charge on any atom is -0.397 e. The average molecular weight is 313 g/mol. The maximum Gasteiger partial charge on any atom is 0.251 e. The number of benzene rings is 1. The van der Waals surface area contributed by atoms with Crippen molar-refractivity contribution in [3.05, 3.63) is 45.7 Å². The first-order valence-electron chi connectivity index (χ1n) is 5.97. The molecule has 2 rings (SSSR count). The predicted octanol–water partition coefficient (Wildman–Crippen LogP) is 2.28. The van der Waals surface area contributed by atoms with E-state index in [9.17, 15) is 4.79 Å². The van der Waals surface area contributed by atoms with Gasteiger partial charge in [0.15, 0.2) is 0 Å². The highest BCUT2D eigenvalue weighted by molar-refractivity contribution is 6.43. The number of nitrogens with zero attached hydrogens (tertiary/aromatic N) is 2. The molecule has 7 heteroatoms. The molecule has 0 aliphatic rings. The van der Waals surface area contributed by atoms with Crippen LogP contribution < -0.4 is 11.1 Å². The van der Waals surface area contributed by atoms with Crippen molar-refractivity contribution in [3.63, 3.8) is 0 Å². The zero-order valence-corrected chi connectivity index (χ0v) is 12.4. The van der Waals surface area contributed by atoms with E-state index in [1.165, 1.54) is 12.1 Å². The van der Waals surface area contributed by atoms with Gasteiger partial charge < -0.3 is 11.1 Å². The van der Waals surface area contributed by atoms with Crippen LogP contribution >= 0.6 is 23.2 Å². The molecule has 0 atom stereocenters. The van der Waals surface area contributed by atoms with Gasteiger partial charge in [-0.3, -0.25) is 9.48 Å². The Kier molecular flexibility index (Phi) is 4.52. The third kappa shape index (κ3) is 3.43. The number of nitrogen functional groups attached to an aromatic ring is 1. The van der Waals surface area contributed by atoms with Crippen LogP contribution in [0.3, 0.4) is 0 Å². The molecule has 1 amide bonds. The van der Waals surface area contributed by atoms with Crippen molar-refractivity contribution in [2.24, 2.45) is 7.05 Å². The number of carbonyl (C=O) groups is 1. The number of amides is 1. The lowest BCUT2D eigenvalue weighted by molar-refractivity contribution is 0.0954. The second-order valence-corrected chi connectivity index (χ2v) is 5.17. The molecule has 0 fully saturated rings. The third-order valence-corrected chi connectivity index (χ3v) is 3.59. The Labute approximate surface area is 126 Å². The number of nitrogens with two attached hydrogens (primary N) is 1. The normalized spacial score (nSPS) is 10.6. The molecule has 1 heterocycles. The highest BCUT2D eigenvalue weighted by Gasteiger charge is 2.11. The Morgan fingerprint density at radius 2 is 2.20 bits per heavy atom. The van der Waals surface area contributed by atoms with Crippen molar-refractivity contribution in [1.82, 2.24) is 15.1 Å². The second kappa shape index (κ2) is 6.15. The van der Waals surface area contributed by atoms with Crippen molar-refractivity contribution in [3.8, 4) is 0 Å². The predicted molar refractivity (Wildman–Crippen MR) is 80.1 cm³/mol. The van der Waals surface area contributed by atoms with Crippen molar-refractivity contribution in [2.75, 3.05) is 12.3 Å². The van der Waals surface area contributed by atoms with E-state index in [1.54, 1.807) is 10.9 Å². The highest BCUT2D eigenvalue weighted by atomic mass is 35.5. The van der Waals surface area contributed by atoms with Crippen molar-refractivity contribution >= 4 is 34.8 Å². The first-order valence-corrected chi connectivity index (χ1v) is 6.73. The summed E-state index contributed by atoms with van der Waals surface area (Å²) in [6, 6.07) is 3.01. The van der Waals surface area contributed by atoms with E-state index in [0.717, 1.165) is 5.56 Å². The van der Waals surface area contributed by atoms with Gasteiger partial charge in [-0.25, -0.2) is 0 Å². The maximum atomic E-state index is 12.0. The summed E-state index contributed by atoms with van der Waals surface area (Å²) in [4.78, 5) is 12.0. The Balaban J connectivity index is 1.95. The number of halogens is 2. The monoisotopic (exact) mass is 312 g/mol. The largest absolute Gasteiger partial charge is 0.397 e. The van der Waals surface area contributed by atoms with Crippen molar-refractivity contribution < 1.29 is 4.79 Å². The van der Waals surface area contributed by atoms with E-state index >= 15 is 0 Å². The molecule has 0 spiro atoms. The van der Waals surface area contributed by atoms with Gasteiger partial charge in [-0.15, -0.1) is 0 Å². The maximum absolute atomic E-state index is 12.0. The van der Waals surface area contributed by atoms with Crippen molar-refractivity contribution in [1.29, 1.82) is 0 Å². The van der Waals surface area contributed by atoms with E-state index in [-0.39, 0.29) is 21.6 Å². The lowest BCUT2D eigenvalue weighted by atomic mass is 10.2. The van der Waals surface area contributed by atoms with Gasteiger partial charge in [0.2, 0.25) is 0 Å². The molecule has 2 aromatic rings. The van der Waals surface area contributed by atoms with Crippen LogP contribution in [0.15, 0.2) is 24.5 Å². The summed E-state index contributed by atoms with van der Waals surface area (Å²) in [5.74, 6) is -0.237. The van der Waals surface area contributed by atoms with Crippen LogP contribution in [-0.4, -0.2) is 22.2 Å². The van der Waals surface area contributed by atoms with Gasteiger partial charge >= 0.3 is 0 Å². The average Bonchev–Trinajstić information content (AvgIpc) is 2.81. The van der Waals surface area contributed by atoms with Crippen LogP contribution in [0.2, 0.25) is 10.0 Å². The van der Waals surface area contributed by atoms with Crippen LogP contribution in [0.4, 0.5) is 5.69 Å². The van der Waals surface area contributed by atoms with Crippen LogP contribution in [0, 0.1) is 0 Å². The van der Waals surface area contributed by atoms with Crippen LogP contribution in [0.25, 0.3) is 0 Å². The molecule has 0 saturated carbocycles. The quantitative estimate of drug-likeness (QED) is 0.851. The van der Waals surface area contributed by atoms with Gasteiger partial charge in [0.1, 0.15) is 0 Å². The Hall–Kier alpha value is -1.72. The molecule has 0 unspecified atom stereocenters. The molecule has 106 valence electrons. The summed E-state index contributed by atoms with van der Waals surface area (Å²) in [7, 11) is 1.85. The van der Waals surface area contributed by atoms with E-state index in [2.05, 4.69) is 10.4 Å². The van der Waals surface area contributed by atoms with Gasteiger partial charge in [-0.05, 0) is 24.1 Å². The Morgan fingerprint density at radius 3 is 2.80 bits per heavy atom. The molecule has 0 saturated heterocycles. The number of anilines is 1. The van der Waals surface area contributed by atoms with E-state index in [1.807, 2.05) is 13.2 Å². The third-order valence-electron chi connectivity index (χ3n) is 2.78. The lowest BCUT2D eigenvalue weighted by Crippen LogP contribution is -2.25. The summed E-state index contributed by atoms with van der Waals surface area (Å²) in [6.45, 7) is 0.505. The topological polar surface area (TPSA) is 72.9 Å². The molecule has 20 heavy (non-hydrogen) atoms. The number of hydrogen-bond donors (Lipinski definition) is 2. The number of aromatic nitrogens is 2. The SMILES string of the molecule is Cn1cc(CCNC(=O)c2cc(N)c(Cl)c(Cl)c2)cn1. The fraction of sp³-hybridized carbons (Fsp3) is 0.231. The molecule has 0 bridgehead atoms. The molecule has 5 nitrogen and oxygen atoms in total. The zero-order chi connectivity index (χ0) is 14.7. The van der Waals surface area contributed by atoms with Gasteiger partial charge in [0.25, 0.3) is 5.91 Å². The fourth-order valence-electron chi connectivity index (χ4n) is 1.76. The molecule has 1 aromatic carbocycles. The summed E-state index contributed by atoms with van der Waals surface area (Å²) in [6.07, 6.45) is 4.38. The number of carbonyl (C=O) groups excluding carboxylic acids is 1. The highest BCUT2D eigenvalue weighted by Crippen LogP contribution is 2.29. The van der Waals surface area contributed by atoms with Crippen LogP contribution in [-0.2, 0) is 13.5 Å². The summed E-state index contributed by atoms with van der Waals surface area (Å²) < 4.78 is 1.72. The van der Waals surface area contributed by atoms with Gasteiger partial charge in [0.05, 0.1) is 21.9 Å². The summed E-state index contributed by atoms with van der Waals surface area (Å²) in [5.41, 5.74) is 7.41. The molecular weight excluding hydrogens is 299 g/mol. The second-order valence-electron chi connectivity index (χ2n) is 4.39.